The molecular weight excluding hydrogens is 504 g/mol. The molecule has 0 aliphatic rings. The second-order valence-electron chi connectivity index (χ2n) is 8.52. The van der Waals surface area contributed by atoms with Crippen LogP contribution in [0, 0.1) is 0 Å². The summed E-state index contributed by atoms with van der Waals surface area (Å²) in [6.07, 6.45) is 1.31. The molecule has 0 aliphatic carbocycles. The van der Waals surface area contributed by atoms with E-state index in [-0.39, 0.29) is 24.5 Å². The topological polar surface area (TPSA) is 58.6 Å². The Morgan fingerprint density at radius 3 is 2.27 bits per heavy atom. The summed E-state index contributed by atoms with van der Waals surface area (Å²) in [7, 11) is 0. The first kappa shape index (κ1) is 27.2. The average molecular weight is 538 g/mol. The zero-order chi connectivity index (χ0) is 24.5. The maximum Gasteiger partial charge on any atom is 0.261 e. The highest BCUT2D eigenvalue weighted by molar-refractivity contribution is 9.10. The van der Waals surface area contributed by atoms with Gasteiger partial charge in [0.1, 0.15) is 11.8 Å². The normalized spacial score (nSPS) is 12.8. The fraction of sp³-hybridized carbons (Fsp3) is 0.462. The molecule has 0 heterocycles. The summed E-state index contributed by atoms with van der Waals surface area (Å²) >= 11 is 9.56. The van der Waals surface area contributed by atoms with Crippen molar-refractivity contribution in [3.05, 3.63) is 63.1 Å². The van der Waals surface area contributed by atoms with E-state index in [0.29, 0.717) is 29.7 Å². The number of hydrogen-bond donors (Lipinski definition) is 1. The number of amides is 2. The average Bonchev–Trinajstić information content (AvgIpc) is 2.78. The summed E-state index contributed by atoms with van der Waals surface area (Å²) in [6.45, 7) is 10.2. The predicted octanol–water partition coefficient (Wildman–Crippen LogP) is 6.33. The quantitative estimate of drug-likeness (QED) is 0.364. The molecule has 0 spiro atoms. The number of nitrogens with one attached hydrogen (secondary N) is 1. The molecule has 0 bridgehead atoms. The van der Waals surface area contributed by atoms with Crippen LogP contribution in [0.1, 0.15) is 64.5 Å². The fourth-order valence-electron chi connectivity index (χ4n) is 3.36. The van der Waals surface area contributed by atoms with Crippen LogP contribution in [-0.4, -0.2) is 35.4 Å². The molecule has 0 fully saturated rings. The summed E-state index contributed by atoms with van der Waals surface area (Å²) < 4.78 is 6.66. The van der Waals surface area contributed by atoms with E-state index < -0.39 is 6.04 Å². The van der Waals surface area contributed by atoms with Gasteiger partial charge in [-0.1, -0.05) is 57.5 Å². The van der Waals surface area contributed by atoms with Gasteiger partial charge in [-0.05, 0) is 77.0 Å². The minimum Gasteiger partial charge on any atom is -0.483 e. The molecule has 0 unspecified atom stereocenters. The Morgan fingerprint density at radius 2 is 1.73 bits per heavy atom. The molecule has 2 rings (SSSR count). The third kappa shape index (κ3) is 8.04. The van der Waals surface area contributed by atoms with Crippen LogP contribution in [0.25, 0.3) is 0 Å². The maximum atomic E-state index is 13.3. The minimum absolute atomic E-state index is 0.0331. The zero-order valence-electron chi connectivity index (χ0n) is 20.0. The summed E-state index contributed by atoms with van der Waals surface area (Å²) in [6, 6.07) is 12.6. The lowest BCUT2D eigenvalue weighted by molar-refractivity contribution is -0.143. The van der Waals surface area contributed by atoms with Crippen molar-refractivity contribution in [2.24, 2.45) is 0 Å². The van der Waals surface area contributed by atoms with Gasteiger partial charge in [0, 0.05) is 17.6 Å². The molecule has 7 heteroatoms. The highest BCUT2D eigenvalue weighted by atomic mass is 79.9. The van der Waals surface area contributed by atoms with Gasteiger partial charge >= 0.3 is 0 Å². The van der Waals surface area contributed by atoms with Crippen LogP contribution in [-0.2, 0) is 16.1 Å². The number of halogens is 2. The minimum atomic E-state index is -0.600. The Labute approximate surface area is 211 Å². The van der Waals surface area contributed by atoms with Crippen molar-refractivity contribution in [3.8, 4) is 5.75 Å². The van der Waals surface area contributed by atoms with Gasteiger partial charge in [0.2, 0.25) is 5.91 Å². The van der Waals surface area contributed by atoms with Gasteiger partial charge in [-0.3, -0.25) is 9.59 Å². The summed E-state index contributed by atoms with van der Waals surface area (Å²) in [4.78, 5) is 27.9. The lowest BCUT2D eigenvalue weighted by atomic mass is 10.0. The van der Waals surface area contributed by atoms with Crippen LogP contribution < -0.4 is 10.1 Å². The number of nitrogens with zero attached hydrogens (tertiary/aromatic N) is 1. The van der Waals surface area contributed by atoms with Gasteiger partial charge in [0.15, 0.2) is 6.61 Å². The molecule has 2 aromatic carbocycles. The molecule has 0 radical (unpaired) electrons. The van der Waals surface area contributed by atoms with E-state index in [1.54, 1.807) is 17.0 Å². The lowest BCUT2D eigenvalue weighted by Gasteiger charge is -2.31. The molecule has 2 amide bonds. The Hall–Kier alpha value is -2.05. The van der Waals surface area contributed by atoms with Crippen molar-refractivity contribution < 1.29 is 14.3 Å². The van der Waals surface area contributed by atoms with E-state index in [1.165, 1.54) is 5.56 Å². The van der Waals surface area contributed by atoms with E-state index in [9.17, 15) is 9.59 Å². The van der Waals surface area contributed by atoms with Crippen molar-refractivity contribution in [3.63, 3.8) is 0 Å². The molecule has 2 atom stereocenters. The van der Waals surface area contributed by atoms with E-state index >= 15 is 0 Å². The smallest absolute Gasteiger partial charge is 0.261 e. The highest BCUT2D eigenvalue weighted by Crippen LogP contribution is 2.29. The fourth-order valence-corrected chi connectivity index (χ4v) is 4.00. The Balaban J connectivity index is 2.22. The second-order valence-corrected chi connectivity index (χ2v) is 9.81. The Morgan fingerprint density at radius 1 is 1.06 bits per heavy atom. The number of carbonyl (C=O) groups is 2. The number of rotatable bonds is 11. The van der Waals surface area contributed by atoms with Crippen molar-refractivity contribution in [2.75, 3.05) is 6.61 Å². The van der Waals surface area contributed by atoms with Crippen LogP contribution in [0.5, 0.6) is 5.75 Å². The van der Waals surface area contributed by atoms with Crippen LogP contribution in [0.3, 0.4) is 0 Å². The number of carbonyl (C=O) groups excluding carboxylic acids is 2. The Kier molecular flexibility index (Phi) is 10.7. The molecule has 180 valence electrons. The SMILES string of the molecule is CC[C@@H](C)NC(=O)[C@H](CC)N(Cc1ccc(Cl)cc1)C(=O)COc1ccc(C(C)C)cc1Br. The van der Waals surface area contributed by atoms with E-state index in [1.807, 2.05) is 51.1 Å². The molecular formula is C26H34BrClN2O3. The molecule has 5 nitrogen and oxygen atoms in total. The molecule has 0 aromatic heterocycles. The van der Waals surface area contributed by atoms with Crippen LogP contribution in [0.4, 0.5) is 0 Å². The van der Waals surface area contributed by atoms with Gasteiger partial charge in [-0.2, -0.15) is 0 Å². The van der Waals surface area contributed by atoms with Crippen LogP contribution in [0.15, 0.2) is 46.9 Å². The first-order valence-electron chi connectivity index (χ1n) is 11.4. The Bertz CT molecular complexity index is 934. The van der Waals surface area contributed by atoms with Crippen molar-refractivity contribution in [2.45, 2.75) is 72.0 Å². The van der Waals surface area contributed by atoms with Crippen LogP contribution in [0.2, 0.25) is 5.02 Å². The second kappa shape index (κ2) is 13.0. The number of benzene rings is 2. The van der Waals surface area contributed by atoms with Gasteiger partial charge in [-0.25, -0.2) is 0 Å². The largest absolute Gasteiger partial charge is 0.483 e. The van der Waals surface area contributed by atoms with Gasteiger partial charge in [0.25, 0.3) is 5.91 Å². The van der Waals surface area contributed by atoms with Crippen molar-refractivity contribution >= 4 is 39.3 Å². The standard InChI is InChI=1S/C26H34BrClN2O3/c1-6-18(5)29-26(32)23(7-2)30(15-19-8-11-21(28)12-9-19)25(31)16-33-24-13-10-20(17(3)4)14-22(24)27/h8-14,17-18,23H,6-7,15-16H2,1-5H3,(H,29,32)/t18-,23+/m1/s1. The van der Waals surface area contributed by atoms with Crippen LogP contribution >= 0.6 is 27.5 Å². The summed E-state index contributed by atoms with van der Waals surface area (Å²) in [5.74, 6) is 0.574. The van der Waals surface area contributed by atoms with E-state index in [2.05, 4.69) is 35.1 Å². The molecule has 0 saturated heterocycles. The molecule has 0 aliphatic heterocycles. The predicted molar refractivity (Wildman–Crippen MR) is 138 cm³/mol. The van der Waals surface area contributed by atoms with Crippen molar-refractivity contribution in [1.82, 2.24) is 10.2 Å². The van der Waals surface area contributed by atoms with Crippen molar-refractivity contribution in [1.29, 1.82) is 0 Å². The monoisotopic (exact) mass is 536 g/mol. The lowest BCUT2D eigenvalue weighted by Crippen LogP contribution is -2.51. The molecule has 1 N–H and O–H groups in total. The first-order chi connectivity index (χ1) is 15.7. The van der Waals surface area contributed by atoms with Gasteiger partial charge < -0.3 is 15.0 Å². The third-order valence-electron chi connectivity index (χ3n) is 5.63. The number of hydrogen-bond acceptors (Lipinski definition) is 3. The van der Waals surface area contributed by atoms with Gasteiger partial charge in [0.05, 0.1) is 4.47 Å². The molecule has 33 heavy (non-hydrogen) atoms. The molecule has 0 saturated carbocycles. The third-order valence-corrected chi connectivity index (χ3v) is 6.50. The van der Waals surface area contributed by atoms with Gasteiger partial charge in [-0.15, -0.1) is 0 Å². The summed E-state index contributed by atoms with van der Waals surface area (Å²) in [5.41, 5.74) is 2.07. The maximum absolute atomic E-state index is 13.3. The first-order valence-corrected chi connectivity index (χ1v) is 12.6. The summed E-state index contributed by atoms with van der Waals surface area (Å²) in [5, 5.41) is 3.63. The van der Waals surface area contributed by atoms with E-state index in [0.717, 1.165) is 16.5 Å². The highest BCUT2D eigenvalue weighted by Gasteiger charge is 2.29. The molecule has 2 aromatic rings. The zero-order valence-corrected chi connectivity index (χ0v) is 22.4. The number of ether oxygens (including phenoxy) is 1. The van der Waals surface area contributed by atoms with E-state index in [4.69, 9.17) is 16.3 Å².